The van der Waals surface area contributed by atoms with Crippen LogP contribution >= 0.6 is 0 Å². The minimum atomic E-state index is -4.33. The molecule has 1 amide bonds. The zero-order valence-electron chi connectivity index (χ0n) is 18.7. The third kappa shape index (κ3) is 4.52. The second-order valence-electron chi connectivity index (χ2n) is 7.99. The van der Waals surface area contributed by atoms with E-state index in [0.717, 1.165) is 10.8 Å². The molecule has 0 aliphatic rings. The molecule has 178 valence electrons. The quantitative estimate of drug-likeness (QED) is 0.186. The van der Waals surface area contributed by atoms with E-state index in [2.05, 4.69) is 15.5 Å². The number of phenols is 1. The molecule has 3 N–H and O–H groups in total. The molecule has 0 saturated heterocycles. The number of anilines is 1. The summed E-state index contributed by atoms with van der Waals surface area (Å²) in [5, 5.41) is 25.3. The summed E-state index contributed by atoms with van der Waals surface area (Å²) in [5.41, 5.74) is 1.01. The Labute approximate surface area is 206 Å². The van der Waals surface area contributed by atoms with Crippen LogP contribution in [0.15, 0.2) is 112 Å². The Bertz CT molecular complexity index is 1760. The second-order valence-corrected chi connectivity index (χ2v) is 9.41. The van der Waals surface area contributed by atoms with Gasteiger partial charge in [0, 0.05) is 16.5 Å². The molecule has 0 fully saturated rings. The predicted molar refractivity (Wildman–Crippen MR) is 138 cm³/mol. The molecule has 5 aromatic rings. The average Bonchev–Trinajstić information content (AvgIpc) is 2.88. The molecule has 0 saturated carbocycles. The van der Waals surface area contributed by atoms with Crippen LogP contribution in [-0.4, -0.2) is 24.0 Å². The highest BCUT2D eigenvalue weighted by atomic mass is 32.2. The van der Waals surface area contributed by atoms with E-state index in [0.29, 0.717) is 16.5 Å². The molecule has 8 nitrogen and oxygen atoms in total. The summed E-state index contributed by atoms with van der Waals surface area (Å²) in [6.07, 6.45) is 0. The number of aromatic hydroxyl groups is 1. The van der Waals surface area contributed by atoms with Gasteiger partial charge in [-0.2, -0.15) is 13.5 Å². The summed E-state index contributed by atoms with van der Waals surface area (Å²) in [6.45, 7) is 0. The SMILES string of the molecule is O=C(Nc1cccc2ccccc12)c1cc2ccccc2c(N=Nc2ccc(S(=O)(=O)O)cc2)c1O. The van der Waals surface area contributed by atoms with Crippen LogP contribution in [0.4, 0.5) is 17.1 Å². The molecule has 0 spiro atoms. The minimum absolute atomic E-state index is 0.0253. The molecule has 5 aromatic carbocycles. The van der Waals surface area contributed by atoms with Gasteiger partial charge in [0.05, 0.1) is 16.1 Å². The normalized spacial score (nSPS) is 11.8. The molecule has 5 rings (SSSR count). The fraction of sp³-hybridized carbons (Fsp3) is 0. The maximum atomic E-state index is 13.3. The Kier molecular flexibility index (Phi) is 5.93. The molecule has 0 aliphatic carbocycles. The highest BCUT2D eigenvalue weighted by Gasteiger charge is 2.19. The van der Waals surface area contributed by atoms with E-state index in [1.807, 2.05) is 36.4 Å². The Morgan fingerprint density at radius 2 is 1.39 bits per heavy atom. The largest absolute Gasteiger partial charge is 0.505 e. The number of benzene rings is 5. The lowest BCUT2D eigenvalue weighted by atomic mass is 10.0. The first kappa shape index (κ1) is 23.2. The lowest BCUT2D eigenvalue weighted by Gasteiger charge is -2.12. The molecular weight excluding hydrogens is 478 g/mol. The van der Waals surface area contributed by atoms with Crippen molar-refractivity contribution in [2.45, 2.75) is 4.90 Å². The fourth-order valence-corrected chi connectivity index (χ4v) is 4.39. The molecule has 0 atom stereocenters. The Morgan fingerprint density at radius 3 is 2.11 bits per heavy atom. The zero-order chi connectivity index (χ0) is 25.3. The molecule has 0 radical (unpaired) electrons. The molecule has 36 heavy (non-hydrogen) atoms. The first-order valence-corrected chi connectivity index (χ1v) is 12.3. The molecule has 0 heterocycles. The van der Waals surface area contributed by atoms with Crippen LogP contribution in [0.1, 0.15) is 10.4 Å². The van der Waals surface area contributed by atoms with Gasteiger partial charge in [-0.1, -0.05) is 60.7 Å². The van der Waals surface area contributed by atoms with Crippen LogP contribution in [0.5, 0.6) is 5.75 Å². The van der Waals surface area contributed by atoms with E-state index in [1.54, 1.807) is 36.4 Å². The summed E-state index contributed by atoms with van der Waals surface area (Å²) in [5.74, 6) is -0.853. The van der Waals surface area contributed by atoms with Crippen LogP contribution < -0.4 is 5.32 Å². The summed E-state index contributed by atoms with van der Waals surface area (Å²) in [7, 11) is -4.33. The van der Waals surface area contributed by atoms with Gasteiger partial charge in [0.1, 0.15) is 5.69 Å². The maximum Gasteiger partial charge on any atom is 0.294 e. The van der Waals surface area contributed by atoms with Gasteiger partial charge in [-0.25, -0.2) is 0 Å². The second kappa shape index (κ2) is 9.21. The molecule has 0 bridgehead atoms. The van der Waals surface area contributed by atoms with Gasteiger partial charge in [-0.05, 0) is 47.2 Å². The monoisotopic (exact) mass is 497 g/mol. The van der Waals surface area contributed by atoms with E-state index in [1.165, 1.54) is 24.3 Å². The van der Waals surface area contributed by atoms with Gasteiger partial charge in [0.15, 0.2) is 5.75 Å². The number of amides is 1. The topological polar surface area (TPSA) is 128 Å². The van der Waals surface area contributed by atoms with Crippen molar-refractivity contribution in [3.05, 3.63) is 103 Å². The van der Waals surface area contributed by atoms with Gasteiger partial charge in [0.2, 0.25) is 0 Å². The van der Waals surface area contributed by atoms with Crippen LogP contribution in [-0.2, 0) is 10.1 Å². The molecule has 0 aromatic heterocycles. The maximum absolute atomic E-state index is 13.3. The van der Waals surface area contributed by atoms with Gasteiger partial charge in [0.25, 0.3) is 16.0 Å². The van der Waals surface area contributed by atoms with Crippen molar-refractivity contribution in [3.8, 4) is 5.75 Å². The van der Waals surface area contributed by atoms with Crippen molar-refractivity contribution >= 4 is 54.6 Å². The number of phenolic OH excluding ortho intramolecular Hbond substituents is 1. The van der Waals surface area contributed by atoms with Crippen molar-refractivity contribution in [1.82, 2.24) is 0 Å². The lowest BCUT2D eigenvalue weighted by molar-refractivity contribution is 0.102. The summed E-state index contributed by atoms with van der Waals surface area (Å²) in [6, 6.07) is 27.0. The number of rotatable bonds is 5. The van der Waals surface area contributed by atoms with Gasteiger partial charge in [-0.15, -0.1) is 5.11 Å². The Morgan fingerprint density at radius 1 is 0.750 bits per heavy atom. The van der Waals surface area contributed by atoms with E-state index in [-0.39, 0.29) is 27.6 Å². The predicted octanol–water partition coefficient (Wildman–Crippen LogP) is 6.61. The summed E-state index contributed by atoms with van der Waals surface area (Å²) < 4.78 is 31.6. The highest BCUT2D eigenvalue weighted by molar-refractivity contribution is 7.85. The first-order valence-electron chi connectivity index (χ1n) is 10.8. The first-order chi connectivity index (χ1) is 17.3. The van der Waals surface area contributed by atoms with Crippen molar-refractivity contribution in [2.75, 3.05) is 5.32 Å². The van der Waals surface area contributed by atoms with Crippen LogP contribution in [0.2, 0.25) is 0 Å². The molecule has 9 heteroatoms. The minimum Gasteiger partial charge on any atom is -0.505 e. The highest BCUT2D eigenvalue weighted by Crippen LogP contribution is 2.40. The van der Waals surface area contributed by atoms with Crippen molar-refractivity contribution in [2.24, 2.45) is 10.2 Å². The van der Waals surface area contributed by atoms with E-state index < -0.39 is 16.0 Å². The lowest BCUT2D eigenvalue weighted by Crippen LogP contribution is -2.12. The fourth-order valence-electron chi connectivity index (χ4n) is 3.91. The number of fused-ring (bicyclic) bond motifs is 2. The third-order valence-corrected chi connectivity index (χ3v) is 6.55. The van der Waals surface area contributed by atoms with Crippen LogP contribution in [0.3, 0.4) is 0 Å². The summed E-state index contributed by atoms with van der Waals surface area (Å²) in [4.78, 5) is 13.0. The van der Waals surface area contributed by atoms with Crippen LogP contribution in [0.25, 0.3) is 21.5 Å². The number of carbonyl (C=O) groups excluding carboxylic acids is 1. The van der Waals surface area contributed by atoms with Crippen molar-refractivity contribution in [3.63, 3.8) is 0 Å². The van der Waals surface area contributed by atoms with E-state index in [9.17, 15) is 18.3 Å². The number of hydrogen-bond acceptors (Lipinski definition) is 6. The van der Waals surface area contributed by atoms with Crippen molar-refractivity contribution < 1.29 is 22.9 Å². The number of nitrogens with one attached hydrogen (secondary N) is 1. The molecule has 0 unspecified atom stereocenters. The average molecular weight is 498 g/mol. The van der Waals surface area contributed by atoms with Gasteiger partial charge in [-0.3, -0.25) is 9.35 Å². The number of azo groups is 1. The summed E-state index contributed by atoms with van der Waals surface area (Å²) >= 11 is 0. The Balaban J connectivity index is 1.54. The zero-order valence-corrected chi connectivity index (χ0v) is 19.5. The van der Waals surface area contributed by atoms with Gasteiger partial charge >= 0.3 is 0 Å². The third-order valence-electron chi connectivity index (χ3n) is 5.68. The van der Waals surface area contributed by atoms with Gasteiger partial charge < -0.3 is 10.4 Å². The number of carbonyl (C=O) groups is 1. The standard InChI is InChI=1S/C27H19N3O5S/c31-26-23(27(32)28-24-11-5-8-17-6-1-3-9-21(17)24)16-18-7-2-4-10-22(18)25(26)30-29-19-12-14-20(15-13-19)36(33,34)35/h1-16,31H,(H,28,32)(H,33,34,35). The van der Waals surface area contributed by atoms with Crippen molar-refractivity contribution in [1.29, 1.82) is 0 Å². The van der Waals surface area contributed by atoms with Crippen LogP contribution in [0, 0.1) is 0 Å². The number of nitrogens with zero attached hydrogens (tertiary/aromatic N) is 2. The Hall–Kier alpha value is -4.60. The molecule has 0 aliphatic heterocycles. The number of hydrogen-bond donors (Lipinski definition) is 3. The molecular formula is C27H19N3O5S. The van der Waals surface area contributed by atoms with E-state index >= 15 is 0 Å². The van der Waals surface area contributed by atoms with E-state index in [4.69, 9.17) is 4.55 Å². The smallest absolute Gasteiger partial charge is 0.294 e.